The van der Waals surface area contributed by atoms with Gasteiger partial charge in [-0.3, -0.25) is 4.79 Å². The first-order chi connectivity index (χ1) is 9.49. The average molecular weight is 291 g/mol. The number of amides is 1. The molecule has 1 atom stereocenters. The maximum Gasteiger partial charge on any atom is 0.337 e. The summed E-state index contributed by atoms with van der Waals surface area (Å²) in [5.74, 6) is -1.41. The normalized spacial score (nSPS) is 11.9. The van der Waals surface area contributed by atoms with Gasteiger partial charge in [-0.1, -0.05) is 0 Å². The predicted octanol–water partition coefficient (Wildman–Crippen LogP) is 2.04. The largest absolute Gasteiger partial charge is 0.478 e. The van der Waals surface area contributed by atoms with Crippen molar-refractivity contribution in [3.8, 4) is 0 Å². The molecule has 0 aliphatic heterocycles. The molecule has 104 valence electrons. The molecule has 0 aliphatic carbocycles. The number of nitrogens with zero attached hydrogens (tertiary/aromatic N) is 2. The Bertz CT molecular complexity index is 640. The monoisotopic (exact) mass is 291 g/mol. The lowest BCUT2D eigenvalue weighted by atomic mass is 10.2. The molecule has 1 unspecified atom stereocenters. The number of carboxylic acids is 1. The molecular weight excluding hydrogens is 278 g/mol. The highest BCUT2D eigenvalue weighted by Gasteiger charge is 2.16. The van der Waals surface area contributed by atoms with Crippen LogP contribution in [0.4, 0.5) is 0 Å². The molecule has 7 heteroatoms. The van der Waals surface area contributed by atoms with E-state index in [4.69, 9.17) is 5.11 Å². The number of carbonyl (C=O) groups is 2. The lowest BCUT2D eigenvalue weighted by molar-refractivity contribution is 0.0694. The number of pyridine rings is 1. The van der Waals surface area contributed by atoms with Crippen LogP contribution in [0, 0.1) is 6.92 Å². The SMILES string of the molecule is Cc1nc(C(=O)NC(C)c2nccs2)ccc1C(=O)O. The molecule has 2 aromatic rings. The summed E-state index contributed by atoms with van der Waals surface area (Å²) < 4.78 is 0. The van der Waals surface area contributed by atoms with Crippen LogP contribution in [0.1, 0.15) is 44.5 Å². The van der Waals surface area contributed by atoms with Gasteiger partial charge >= 0.3 is 5.97 Å². The summed E-state index contributed by atoms with van der Waals surface area (Å²) in [7, 11) is 0. The van der Waals surface area contributed by atoms with Crippen LogP contribution in [0.2, 0.25) is 0 Å². The highest BCUT2D eigenvalue weighted by molar-refractivity contribution is 7.09. The minimum Gasteiger partial charge on any atom is -0.478 e. The standard InChI is InChI=1S/C13H13N3O3S/c1-7-9(13(18)19)3-4-10(15-7)11(17)16-8(2)12-14-5-6-20-12/h3-6,8H,1-2H3,(H,16,17)(H,18,19). The van der Waals surface area contributed by atoms with Crippen LogP contribution in [-0.4, -0.2) is 27.0 Å². The molecule has 0 bridgehead atoms. The Hall–Kier alpha value is -2.28. The summed E-state index contributed by atoms with van der Waals surface area (Å²) >= 11 is 1.45. The number of hydrogen-bond donors (Lipinski definition) is 2. The van der Waals surface area contributed by atoms with E-state index in [0.29, 0.717) is 5.69 Å². The number of nitrogens with one attached hydrogen (secondary N) is 1. The molecule has 0 fully saturated rings. The lowest BCUT2D eigenvalue weighted by Gasteiger charge is -2.11. The van der Waals surface area contributed by atoms with E-state index in [1.807, 2.05) is 12.3 Å². The lowest BCUT2D eigenvalue weighted by Crippen LogP contribution is -2.27. The second-order valence-corrected chi connectivity index (χ2v) is 5.13. The number of aryl methyl sites for hydroxylation is 1. The van der Waals surface area contributed by atoms with E-state index >= 15 is 0 Å². The third-order valence-corrected chi connectivity index (χ3v) is 3.68. The first-order valence-corrected chi connectivity index (χ1v) is 6.78. The van der Waals surface area contributed by atoms with Crippen LogP contribution < -0.4 is 5.32 Å². The van der Waals surface area contributed by atoms with Crippen LogP contribution in [0.15, 0.2) is 23.7 Å². The fourth-order valence-electron chi connectivity index (χ4n) is 1.69. The van der Waals surface area contributed by atoms with E-state index in [1.54, 1.807) is 13.1 Å². The van der Waals surface area contributed by atoms with Crippen LogP contribution in [0.25, 0.3) is 0 Å². The fourth-order valence-corrected chi connectivity index (χ4v) is 2.34. The predicted molar refractivity (Wildman–Crippen MR) is 73.9 cm³/mol. The van der Waals surface area contributed by atoms with Crippen LogP contribution in [-0.2, 0) is 0 Å². The van der Waals surface area contributed by atoms with Crippen molar-refractivity contribution in [2.75, 3.05) is 0 Å². The summed E-state index contributed by atoms with van der Waals surface area (Å²) in [4.78, 5) is 31.1. The van der Waals surface area contributed by atoms with Crippen LogP contribution in [0.5, 0.6) is 0 Å². The van der Waals surface area contributed by atoms with Crippen molar-refractivity contribution in [1.82, 2.24) is 15.3 Å². The number of carbonyl (C=O) groups excluding carboxylic acids is 1. The molecule has 0 radical (unpaired) electrons. The second-order valence-electron chi connectivity index (χ2n) is 4.20. The number of aromatic nitrogens is 2. The van der Waals surface area contributed by atoms with Gasteiger partial charge in [-0.05, 0) is 26.0 Å². The first kappa shape index (κ1) is 14.1. The smallest absolute Gasteiger partial charge is 0.337 e. The van der Waals surface area contributed by atoms with E-state index < -0.39 is 5.97 Å². The third-order valence-electron chi connectivity index (χ3n) is 2.72. The Balaban J connectivity index is 2.14. The number of thiazole rings is 1. The number of carboxylic acid groups (broad SMARTS) is 1. The number of aromatic carboxylic acids is 1. The summed E-state index contributed by atoms with van der Waals surface area (Å²) in [6.07, 6.45) is 1.67. The van der Waals surface area contributed by atoms with E-state index in [2.05, 4.69) is 15.3 Å². The molecule has 1 amide bonds. The molecule has 0 saturated carbocycles. The Kier molecular flexibility index (Phi) is 4.09. The molecule has 0 spiro atoms. The van der Waals surface area contributed by atoms with Crippen molar-refractivity contribution in [2.45, 2.75) is 19.9 Å². The Labute approximate surface area is 119 Å². The molecule has 6 nitrogen and oxygen atoms in total. The first-order valence-electron chi connectivity index (χ1n) is 5.90. The van der Waals surface area contributed by atoms with Gasteiger partial charge in [0, 0.05) is 11.6 Å². The van der Waals surface area contributed by atoms with Gasteiger partial charge < -0.3 is 10.4 Å². The van der Waals surface area contributed by atoms with E-state index in [-0.39, 0.29) is 23.2 Å². The molecule has 0 aliphatic rings. The summed E-state index contributed by atoms with van der Waals surface area (Å²) in [5.41, 5.74) is 0.595. The van der Waals surface area contributed by atoms with Crippen LogP contribution >= 0.6 is 11.3 Å². The highest BCUT2D eigenvalue weighted by atomic mass is 32.1. The third kappa shape index (κ3) is 3.00. The molecular formula is C13H13N3O3S. The summed E-state index contributed by atoms with van der Waals surface area (Å²) in [5, 5.41) is 14.3. The van der Waals surface area contributed by atoms with Gasteiger partial charge in [0.2, 0.25) is 0 Å². The van der Waals surface area contributed by atoms with Crippen molar-refractivity contribution in [1.29, 1.82) is 0 Å². The Morgan fingerprint density at radius 1 is 1.40 bits per heavy atom. The highest BCUT2D eigenvalue weighted by Crippen LogP contribution is 2.15. The van der Waals surface area contributed by atoms with E-state index in [1.165, 1.54) is 23.5 Å². The molecule has 2 rings (SSSR count). The van der Waals surface area contributed by atoms with Gasteiger partial charge in [-0.2, -0.15) is 0 Å². The van der Waals surface area contributed by atoms with Gasteiger partial charge in [-0.15, -0.1) is 11.3 Å². The Morgan fingerprint density at radius 3 is 2.70 bits per heavy atom. The zero-order valence-electron chi connectivity index (χ0n) is 11.0. The van der Waals surface area contributed by atoms with Gasteiger partial charge in [0.15, 0.2) is 0 Å². The number of rotatable bonds is 4. The van der Waals surface area contributed by atoms with Crippen molar-refractivity contribution < 1.29 is 14.7 Å². The second kappa shape index (κ2) is 5.79. The zero-order chi connectivity index (χ0) is 14.7. The summed E-state index contributed by atoms with van der Waals surface area (Å²) in [6.45, 7) is 3.39. The fraction of sp³-hybridized carbons (Fsp3) is 0.231. The molecule has 20 heavy (non-hydrogen) atoms. The minimum absolute atomic E-state index is 0.0921. The molecule has 2 aromatic heterocycles. The number of hydrogen-bond acceptors (Lipinski definition) is 5. The van der Waals surface area contributed by atoms with Gasteiger partial charge in [0.1, 0.15) is 10.7 Å². The van der Waals surface area contributed by atoms with Crippen molar-refractivity contribution in [3.05, 3.63) is 45.7 Å². The molecule has 2 heterocycles. The minimum atomic E-state index is -1.06. The molecule has 2 N–H and O–H groups in total. The van der Waals surface area contributed by atoms with Gasteiger partial charge in [-0.25, -0.2) is 14.8 Å². The molecule has 0 saturated heterocycles. The maximum atomic E-state index is 12.0. The Morgan fingerprint density at radius 2 is 2.15 bits per heavy atom. The summed E-state index contributed by atoms with van der Waals surface area (Å²) in [6, 6.07) is 2.57. The van der Waals surface area contributed by atoms with E-state index in [0.717, 1.165) is 5.01 Å². The quantitative estimate of drug-likeness (QED) is 0.899. The van der Waals surface area contributed by atoms with Crippen molar-refractivity contribution in [3.63, 3.8) is 0 Å². The van der Waals surface area contributed by atoms with Gasteiger partial charge in [0.05, 0.1) is 17.3 Å². The topological polar surface area (TPSA) is 92.2 Å². The average Bonchev–Trinajstić information content (AvgIpc) is 2.91. The maximum absolute atomic E-state index is 12.0. The van der Waals surface area contributed by atoms with Crippen molar-refractivity contribution in [2.24, 2.45) is 0 Å². The van der Waals surface area contributed by atoms with Crippen LogP contribution in [0.3, 0.4) is 0 Å². The zero-order valence-corrected chi connectivity index (χ0v) is 11.8. The van der Waals surface area contributed by atoms with E-state index in [9.17, 15) is 9.59 Å². The van der Waals surface area contributed by atoms with Crippen molar-refractivity contribution >= 4 is 23.2 Å². The van der Waals surface area contributed by atoms with Gasteiger partial charge in [0.25, 0.3) is 5.91 Å². The molecule has 0 aromatic carbocycles.